The van der Waals surface area contributed by atoms with Gasteiger partial charge in [0.2, 0.25) is 5.95 Å². The summed E-state index contributed by atoms with van der Waals surface area (Å²) in [6.45, 7) is 8.20. The first-order valence-electron chi connectivity index (χ1n) is 8.54. The Morgan fingerprint density at radius 3 is 2.72 bits per heavy atom. The molecule has 3 aromatic rings. The summed E-state index contributed by atoms with van der Waals surface area (Å²) >= 11 is 0. The number of hydrogen-bond donors (Lipinski definition) is 0. The van der Waals surface area contributed by atoms with Crippen LogP contribution < -0.4 is 4.90 Å². The summed E-state index contributed by atoms with van der Waals surface area (Å²) in [5.41, 5.74) is 2.60. The van der Waals surface area contributed by atoms with Crippen LogP contribution >= 0.6 is 0 Å². The lowest BCUT2D eigenvalue weighted by atomic mass is 10.2. The van der Waals surface area contributed by atoms with Crippen LogP contribution in [-0.2, 0) is 7.05 Å². The summed E-state index contributed by atoms with van der Waals surface area (Å²) in [4.78, 5) is 15.8. The highest BCUT2D eigenvalue weighted by Gasteiger charge is 2.22. The summed E-state index contributed by atoms with van der Waals surface area (Å²) in [6, 6.07) is 0. The Morgan fingerprint density at radius 2 is 2.00 bits per heavy atom. The van der Waals surface area contributed by atoms with Gasteiger partial charge in [0.05, 0.1) is 11.4 Å². The van der Waals surface area contributed by atoms with Crippen LogP contribution in [0.15, 0.2) is 6.20 Å². The third kappa shape index (κ3) is 2.88. The molecule has 1 saturated heterocycles. The van der Waals surface area contributed by atoms with Gasteiger partial charge >= 0.3 is 0 Å². The topological polar surface area (TPSA) is 77.0 Å². The fraction of sp³-hybridized carbons (Fsp3) is 0.471. The molecular formula is C17H22N8. The van der Waals surface area contributed by atoms with Crippen molar-refractivity contribution < 1.29 is 0 Å². The van der Waals surface area contributed by atoms with Crippen molar-refractivity contribution >= 4 is 23.7 Å². The molecule has 8 heteroatoms. The van der Waals surface area contributed by atoms with Crippen LogP contribution in [0.25, 0.3) is 17.8 Å². The summed E-state index contributed by atoms with van der Waals surface area (Å²) in [5.74, 6) is 2.92. The van der Waals surface area contributed by atoms with E-state index in [0.29, 0.717) is 11.7 Å². The third-order valence-corrected chi connectivity index (χ3v) is 4.60. The number of anilines is 1. The average molecular weight is 338 g/mol. The smallest absolute Gasteiger partial charge is 0.245 e. The minimum Gasteiger partial charge on any atom is -0.339 e. The summed E-state index contributed by atoms with van der Waals surface area (Å²) in [6.07, 6.45) is 6.77. The number of nitrogens with zero attached hydrogens (tertiary/aromatic N) is 8. The second-order valence-corrected chi connectivity index (χ2v) is 6.76. The standard InChI is InChI=1S/C17H22N8/c1-11-7-8-24(10-11)17-20-15(23(4)22-17)6-5-14-19-16-13(3)18-9-12(2)25(16)21-14/h5-6,9,11H,7-8,10H2,1-4H3/b6-5+. The Labute approximate surface area is 146 Å². The van der Waals surface area contributed by atoms with Gasteiger partial charge in [-0.05, 0) is 38.3 Å². The van der Waals surface area contributed by atoms with Crippen molar-refractivity contribution in [3.8, 4) is 0 Å². The van der Waals surface area contributed by atoms with Crippen LogP contribution in [0, 0.1) is 19.8 Å². The van der Waals surface area contributed by atoms with Crippen LogP contribution in [0.2, 0.25) is 0 Å². The van der Waals surface area contributed by atoms with Gasteiger partial charge < -0.3 is 4.90 Å². The van der Waals surface area contributed by atoms with E-state index in [1.807, 2.05) is 37.6 Å². The van der Waals surface area contributed by atoms with Gasteiger partial charge in [0.1, 0.15) is 0 Å². The van der Waals surface area contributed by atoms with E-state index in [-0.39, 0.29) is 0 Å². The van der Waals surface area contributed by atoms with E-state index in [9.17, 15) is 0 Å². The normalized spacial score (nSPS) is 18.1. The zero-order valence-electron chi connectivity index (χ0n) is 15.0. The van der Waals surface area contributed by atoms with E-state index in [1.165, 1.54) is 6.42 Å². The number of hydrogen-bond acceptors (Lipinski definition) is 6. The van der Waals surface area contributed by atoms with Crippen molar-refractivity contribution in [3.63, 3.8) is 0 Å². The van der Waals surface area contributed by atoms with Crippen molar-refractivity contribution in [2.75, 3.05) is 18.0 Å². The zero-order valence-corrected chi connectivity index (χ0v) is 15.0. The minimum atomic E-state index is 0.638. The highest BCUT2D eigenvalue weighted by molar-refractivity contribution is 5.65. The Morgan fingerprint density at radius 1 is 1.16 bits per heavy atom. The van der Waals surface area contributed by atoms with Gasteiger partial charge in [0.25, 0.3) is 0 Å². The van der Waals surface area contributed by atoms with Crippen molar-refractivity contribution in [2.45, 2.75) is 27.2 Å². The molecule has 3 aromatic heterocycles. The van der Waals surface area contributed by atoms with E-state index in [4.69, 9.17) is 0 Å². The van der Waals surface area contributed by atoms with E-state index >= 15 is 0 Å². The number of rotatable bonds is 3. The van der Waals surface area contributed by atoms with Crippen LogP contribution in [-0.4, -0.2) is 47.4 Å². The molecule has 8 nitrogen and oxygen atoms in total. The maximum atomic E-state index is 4.65. The molecule has 4 rings (SSSR count). The molecule has 0 N–H and O–H groups in total. The molecule has 130 valence electrons. The van der Waals surface area contributed by atoms with Gasteiger partial charge in [-0.3, -0.25) is 4.98 Å². The van der Waals surface area contributed by atoms with Gasteiger partial charge in [0, 0.05) is 26.3 Å². The molecule has 0 radical (unpaired) electrons. The Bertz CT molecular complexity index is 912. The number of aryl methyl sites for hydroxylation is 3. The lowest BCUT2D eigenvalue weighted by Crippen LogP contribution is -2.20. The molecule has 0 aromatic carbocycles. The Kier molecular flexibility index (Phi) is 3.74. The van der Waals surface area contributed by atoms with Gasteiger partial charge in [-0.1, -0.05) is 6.92 Å². The van der Waals surface area contributed by atoms with Crippen molar-refractivity contribution in [2.24, 2.45) is 13.0 Å². The lowest BCUT2D eigenvalue weighted by molar-refractivity contribution is 0.657. The molecule has 25 heavy (non-hydrogen) atoms. The maximum Gasteiger partial charge on any atom is 0.245 e. The highest BCUT2D eigenvalue weighted by Crippen LogP contribution is 2.21. The van der Waals surface area contributed by atoms with E-state index in [1.54, 1.807) is 10.9 Å². The highest BCUT2D eigenvalue weighted by atomic mass is 15.4. The molecule has 1 atom stereocenters. The van der Waals surface area contributed by atoms with E-state index < -0.39 is 0 Å². The fourth-order valence-corrected chi connectivity index (χ4v) is 3.11. The molecule has 4 heterocycles. The Hall–Kier alpha value is -2.77. The van der Waals surface area contributed by atoms with Gasteiger partial charge in [-0.2, -0.15) is 4.98 Å². The van der Waals surface area contributed by atoms with Crippen molar-refractivity contribution in [3.05, 3.63) is 29.2 Å². The number of fused-ring (bicyclic) bond motifs is 1. The first-order chi connectivity index (χ1) is 12.0. The Balaban J connectivity index is 1.61. The van der Waals surface area contributed by atoms with E-state index in [0.717, 1.165) is 41.9 Å². The molecule has 0 aliphatic carbocycles. The molecular weight excluding hydrogens is 316 g/mol. The van der Waals surface area contributed by atoms with Crippen LogP contribution in [0.3, 0.4) is 0 Å². The minimum absolute atomic E-state index is 0.638. The molecule has 0 amide bonds. The summed E-state index contributed by atoms with van der Waals surface area (Å²) in [7, 11) is 1.91. The zero-order chi connectivity index (χ0) is 17.6. The van der Waals surface area contributed by atoms with Crippen molar-refractivity contribution in [1.82, 2.24) is 34.3 Å². The van der Waals surface area contributed by atoms with Gasteiger partial charge in [-0.25, -0.2) is 14.2 Å². The molecule has 0 spiro atoms. The number of aromatic nitrogens is 7. The molecule has 0 bridgehead atoms. The van der Waals surface area contributed by atoms with Gasteiger partial charge in [0.15, 0.2) is 17.3 Å². The van der Waals surface area contributed by atoms with E-state index in [2.05, 4.69) is 37.0 Å². The predicted molar refractivity (Wildman–Crippen MR) is 96.2 cm³/mol. The molecule has 0 saturated carbocycles. The predicted octanol–water partition coefficient (Wildman–Crippen LogP) is 1.89. The average Bonchev–Trinajstić information content (AvgIpc) is 3.28. The second-order valence-electron chi connectivity index (χ2n) is 6.76. The maximum absolute atomic E-state index is 4.65. The first kappa shape index (κ1) is 15.7. The largest absolute Gasteiger partial charge is 0.339 e. The lowest BCUT2D eigenvalue weighted by Gasteiger charge is -2.11. The second kappa shape index (κ2) is 5.94. The fourth-order valence-electron chi connectivity index (χ4n) is 3.11. The monoisotopic (exact) mass is 338 g/mol. The summed E-state index contributed by atoms with van der Waals surface area (Å²) in [5, 5.41) is 9.06. The summed E-state index contributed by atoms with van der Waals surface area (Å²) < 4.78 is 3.61. The van der Waals surface area contributed by atoms with Crippen LogP contribution in [0.4, 0.5) is 5.95 Å². The molecule has 1 fully saturated rings. The van der Waals surface area contributed by atoms with Crippen molar-refractivity contribution in [1.29, 1.82) is 0 Å². The quantitative estimate of drug-likeness (QED) is 0.726. The van der Waals surface area contributed by atoms with Gasteiger partial charge in [-0.15, -0.1) is 10.2 Å². The SMILES string of the molecule is Cc1ncc(C)n2nc(/C=C/c3nc(N4CCC(C)C4)nn3C)nc12. The molecule has 1 unspecified atom stereocenters. The van der Waals surface area contributed by atoms with Crippen LogP contribution in [0.5, 0.6) is 0 Å². The first-order valence-corrected chi connectivity index (χ1v) is 8.54. The third-order valence-electron chi connectivity index (χ3n) is 4.60. The van der Waals surface area contributed by atoms with Crippen LogP contribution in [0.1, 0.15) is 36.4 Å². The molecule has 1 aliphatic rings. The molecule has 1 aliphatic heterocycles.